The normalized spacial score (nSPS) is 19.3. The fourth-order valence-corrected chi connectivity index (χ4v) is 4.31. The van der Waals surface area contributed by atoms with E-state index < -0.39 is 12.0 Å². The predicted octanol–water partition coefficient (Wildman–Crippen LogP) is 4.37. The lowest BCUT2D eigenvalue weighted by Crippen LogP contribution is -2.33. The molecule has 0 aromatic heterocycles. The first-order chi connectivity index (χ1) is 12.5. The Morgan fingerprint density at radius 3 is 2.69 bits per heavy atom. The molecular formula is C18H17Cl2NO4S. The molecule has 8 heteroatoms. The van der Waals surface area contributed by atoms with Crippen LogP contribution in [0.2, 0.25) is 10.0 Å². The van der Waals surface area contributed by atoms with Gasteiger partial charge in [-0.05, 0) is 35.9 Å². The number of hydrogen-bond donors (Lipinski definition) is 2. The SMILES string of the molecule is COc1ccc([C@@H]2N[C@@H](C(=O)O)CS2)cc1COc1ccc(Cl)cc1Cl. The molecule has 0 aliphatic carbocycles. The number of benzene rings is 2. The first-order valence-corrected chi connectivity index (χ1v) is 9.63. The summed E-state index contributed by atoms with van der Waals surface area (Å²) in [6.07, 6.45) is 0. The summed E-state index contributed by atoms with van der Waals surface area (Å²) in [5.41, 5.74) is 1.82. The Labute approximate surface area is 165 Å². The highest BCUT2D eigenvalue weighted by molar-refractivity contribution is 7.99. The van der Waals surface area contributed by atoms with Crippen molar-refractivity contribution in [2.24, 2.45) is 0 Å². The molecule has 5 nitrogen and oxygen atoms in total. The molecule has 26 heavy (non-hydrogen) atoms. The van der Waals surface area contributed by atoms with Gasteiger partial charge in [0, 0.05) is 16.3 Å². The van der Waals surface area contributed by atoms with E-state index in [2.05, 4.69) is 5.32 Å². The van der Waals surface area contributed by atoms with E-state index in [0.29, 0.717) is 27.3 Å². The van der Waals surface area contributed by atoms with Gasteiger partial charge in [0.25, 0.3) is 0 Å². The summed E-state index contributed by atoms with van der Waals surface area (Å²) in [6, 6.07) is 10.2. The van der Waals surface area contributed by atoms with Gasteiger partial charge in [-0.3, -0.25) is 10.1 Å². The lowest BCUT2D eigenvalue weighted by molar-refractivity contribution is -0.138. The molecule has 2 aromatic rings. The molecule has 2 N–H and O–H groups in total. The number of aliphatic carboxylic acids is 1. The number of carboxylic acid groups (broad SMARTS) is 1. The van der Waals surface area contributed by atoms with Crippen LogP contribution in [0.5, 0.6) is 11.5 Å². The third-order valence-corrected chi connectivity index (χ3v) is 5.76. The minimum absolute atomic E-state index is 0.0834. The molecule has 0 spiro atoms. The van der Waals surface area contributed by atoms with Crippen LogP contribution in [0.1, 0.15) is 16.5 Å². The summed E-state index contributed by atoms with van der Waals surface area (Å²) in [7, 11) is 1.59. The maximum Gasteiger partial charge on any atom is 0.321 e. The highest BCUT2D eigenvalue weighted by atomic mass is 35.5. The van der Waals surface area contributed by atoms with E-state index in [1.165, 1.54) is 0 Å². The van der Waals surface area contributed by atoms with E-state index in [4.69, 9.17) is 37.8 Å². The Hall–Kier alpha value is -1.60. The molecule has 1 heterocycles. The second kappa shape index (κ2) is 8.39. The molecule has 2 aromatic carbocycles. The Bertz CT molecular complexity index is 818. The largest absolute Gasteiger partial charge is 0.496 e. The van der Waals surface area contributed by atoms with Crippen molar-refractivity contribution in [3.63, 3.8) is 0 Å². The minimum atomic E-state index is -0.838. The number of methoxy groups -OCH3 is 1. The smallest absolute Gasteiger partial charge is 0.321 e. The molecule has 0 unspecified atom stereocenters. The average molecular weight is 414 g/mol. The van der Waals surface area contributed by atoms with Crippen LogP contribution in [-0.4, -0.2) is 30.0 Å². The fourth-order valence-electron chi connectivity index (χ4n) is 2.63. The van der Waals surface area contributed by atoms with Crippen LogP contribution in [0, 0.1) is 0 Å². The van der Waals surface area contributed by atoms with E-state index in [9.17, 15) is 4.79 Å². The van der Waals surface area contributed by atoms with Crippen LogP contribution in [0.4, 0.5) is 0 Å². The summed E-state index contributed by atoms with van der Waals surface area (Å²) in [5, 5.41) is 13.1. The van der Waals surface area contributed by atoms with E-state index in [-0.39, 0.29) is 12.0 Å². The number of hydrogen-bond acceptors (Lipinski definition) is 5. The Balaban J connectivity index is 1.76. The first kappa shape index (κ1) is 19.2. The number of nitrogens with one attached hydrogen (secondary N) is 1. The van der Waals surface area contributed by atoms with E-state index in [1.54, 1.807) is 37.1 Å². The van der Waals surface area contributed by atoms with Crippen molar-refractivity contribution in [1.82, 2.24) is 5.32 Å². The van der Waals surface area contributed by atoms with Gasteiger partial charge in [0.05, 0.1) is 17.5 Å². The van der Waals surface area contributed by atoms with Crippen LogP contribution in [0.3, 0.4) is 0 Å². The molecule has 0 amide bonds. The zero-order valence-electron chi connectivity index (χ0n) is 13.9. The second-order valence-electron chi connectivity index (χ2n) is 5.71. The van der Waals surface area contributed by atoms with Gasteiger partial charge >= 0.3 is 5.97 Å². The first-order valence-electron chi connectivity index (χ1n) is 7.83. The van der Waals surface area contributed by atoms with Crippen molar-refractivity contribution in [3.8, 4) is 11.5 Å². The summed E-state index contributed by atoms with van der Waals surface area (Å²) in [6.45, 7) is 0.262. The van der Waals surface area contributed by atoms with Gasteiger partial charge in [-0.2, -0.15) is 0 Å². The zero-order chi connectivity index (χ0) is 18.7. The topological polar surface area (TPSA) is 67.8 Å². The molecular weight excluding hydrogens is 397 g/mol. The van der Waals surface area contributed by atoms with Crippen molar-refractivity contribution in [1.29, 1.82) is 0 Å². The van der Waals surface area contributed by atoms with E-state index in [0.717, 1.165) is 11.1 Å². The number of ether oxygens (including phenoxy) is 2. The molecule has 0 bridgehead atoms. The van der Waals surface area contributed by atoms with Crippen LogP contribution in [0.25, 0.3) is 0 Å². The molecule has 1 fully saturated rings. The lowest BCUT2D eigenvalue weighted by Gasteiger charge is -2.16. The standard InChI is InChI=1S/C18H17Cl2NO4S/c1-24-15-4-2-10(17-21-14(9-26-17)18(22)23)6-11(15)8-25-16-5-3-12(19)7-13(16)20/h2-7,14,17,21H,8-9H2,1H3,(H,22,23)/t14-,17-/m1/s1. The monoisotopic (exact) mass is 413 g/mol. The molecule has 1 aliphatic heterocycles. The average Bonchev–Trinajstić information content (AvgIpc) is 3.11. The Morgan fingerprint density at radius 1 is 1.27 bits per heavy atom. The number of carboxylic acids is 1. The Morgan fingerprint density at radius 2 is 2.04 bits per heavy atom. The molecule has 0 saturated carbocycles. The second-order valence-corrected chi connectivity index (χ2v) is 7.69. The third kappa shape index (κ3) is 4.38. The molecule has 3 rings (SSSR count). The number of thioether (sulfide) groups is 1. The summed E-state index contributed by atoms with van der Waals surface area (Å²) in [4.78, 5) is 11.1. The predicted molar refractivity (Wildman–Crippen MR) is 104 cm³/mol. The van der Waals surface area contributed by atoms with E-state index in [1.807, 2.05) is 18.2 Å². The fraction of sp³-hybridized carbons (Fsp3) is 0.278. The van der Waals surface area contributed by atoms with E-state index >= 15 is 0 Å². The lowest BCUT2D eigenvalue weighted by atomic mass is 10.1. The van der Waals surface area contributed by atoms with Crippen LogP contribution in [0.15, 0.2) is 36.4 Å². The van der Waals surface area contributed by atoms with Gasteiger partial charge in [-0.1, -0.05) is 29.3 Å². The van der Waals surface area contributed by atoms with Gasteiger partial charge in [0.15, 0.2) is 0 Å². The van der Waals surface area contributed by atoms with Gasteiger partial charge in [-0.15, -0.1) is 11.8 Å². The van der Waals surface area contributed by atoms with Crippen molar-refractivity contribution >= 4 is 40.9 Å². The van der Waals surface area contributed by atoms with Crippen LogP contribution < -0.4 is 14.8 Å². The number of halogens is 2. The maximum absolute atomic E-state index is 11.1. The summed E-state index contributed by atoms with van der Waals surface area (Å²) in [5.74, 6) is 0.909. The van der Waals surface area contributed by atoms with Crippen molar-refractivity contribution in [3.05, 3.63) is 57.6 Å². The van der Waals surface area contributed by atoms with Crippen molar-refractivity contribution < 1.29 is 19.4 Å². The van der Waals surface area contributed by atoms with Gasteiger partial charge in [0.2, 0.25) is 0 Å². The van der Waals surface area contributed by atoms with Gasteiger partial charge in [0.1, 0.15) is 24.1 Å². The van der Waals surface area contributed by atoms with Crippen molar-refractivity contribution in [2.75, 3.05) is 12.9 Å². The highest BCUT2D eigenvalue weighted by Crippen LogP contribution is 2.35. The summed E-state index contributed by atoms with van der Waals surface area (Å²) < 4.78 is 11.2. The molecule has 138 valence electrons. The van der Waals surface area contributed by atoms with Crippen molar-refractivity contribution in [2.45, 2.75) is 18.0 Å². The molecule has 1 saturated heterocycles. The zero-order valence-corrected chi connectivity index (χ0v) is 16.2. The van der Waals surface area contributed by atoms with Gasteiger partial charge < -0.3 is 14.6 Å². The van der Waals surface area contributed by atoms with Crippen LogP contribution in [-0.2, 0) is 11.4 Å². The maximum atomic E-state index is 11.1. The number of carbonyl (C=O) groups is 1. The highest BCUT2D eigenvalue weighted by Gasteiger charge is 2.30. The van der Waals surface area contributed by atoms with Crippen LogP contribution >= 0.6 is 35.0 Å². The minimum Gasteiger partial charge on any atom is -0.496 e. The molecule has 0 radical (unpaired) electrons. The summed E-state index contributed by atoms with van der Waals surface area (Å²) >= 11 is 13.6. The van der Waals surface area contributed by atoms with Gasteiger partial charge in [-0.25, -0.2) is 0 Å². The molecule has 2 atom stereocenters. The molecule has 1 aliphatic rings. The quantitative estimate of drug-likeness (QED) is 0.732. The Kier molecular flexibility index (Phi) is 6.19. The number of rotatable bonds is 6. The third-order valence-electron chi connectivity index (χ3n) is 3.96.